The van der Waals surface area contributed by atoms with Crippen LogP contribution in [-0.2, 0) is 17.1 Å². The van der Waals surface area contributed by atoms with Crippen molar-refractivity contribution in [3.63, 3.8) is 0 Å². The standard InChI is InChI=1S/C11H13ClN4O2S/c1-7-14-11(6-16(7)2)19(17,18)15-10-5-8(12)3-4-9(10)13/h3-6,15H,13H2,1-2H3. The van der Waals surface area contributed by atoms with Crippen molar-refractivity contribution in [1.82, 2.24) is 9.55 Å². The summed E-state index contributed by atoms with van der Waals surface area (Å²) in [4.78, 5) is 3.97. The van der Waals surface area contributed by atoms with Crippen molar-refractivity contribution >= 4 is 33.0 Å². The molecule has 102 valence electrons. The molecule has 0 spiro atoms. The van der Waals surface area contributed by atoms with Gasteiger partial charge in [0.2, 0.25) is 0 Å². The fourth-order valence-corrected chi connectivity index (χ4v) is 2.76. The highest BCUT2D eigenvalue weighted by Gasteiger charge is 2.19. The van der Waals surface area contributed by atoms with Crippen LogP contribution in [0, 0.1) is 6.92 Å². The first-order valence-electron chi connectivity index (χ1n) is 5.37. The molecule has 0 atom stereocenters. The zero-order valence-corrected chi connectivity index (χ0v) is 12.0. The summed E-state index contributed by atoms with van der Waals surface area (Å²) in [6, 6.07) is 4.56. The van der Waals surface area contributed by atoms with Gasteiger partial charge in [0.05, 0.1) is 11.4 Å². The van der Waals surface area contributed by atoms with Crippen LogP contribution in [0.4, 0.5) is 11.4 Å². The van der Waals surface area contributed by atoms with Gasteiger partial charge in [-0.05, 0) is 25.1 Å². The molecule has 1 aromatic heterocycles. The summed E-state index contributed by atoms with van der Waals surface area (Å²) in [5.74, 6) is 0.597. The van der Waals surface area contributed by atoms with Gasteiger partial charge in [-0.15, -0.1) is 0 Å². The number of aromatic nitrogens is 2. The van der Waals surface area contributed by atoms with E-state index in [0.717, 1.165) is 0 Å². The third-order valence-corrected chi connectivity index (χ3v) is 4.09. The van der Waals surface area contributed by atoms with Crippen LogP contribution in [0.25, 0.3) is 0 Å². The van der Waals surface area contributed by atoms with Crippen molar-refractivity contribution in [3.8, 4) is 0 Å². The van der Waals surface area contributed by atoms with E-state index in [4.69, 9.17) is 17.3 Å². The number of nitrogens with zero attached hydrogens (tertiary/aromatic N) is 2. The van der Waals surface area contributed by atoms with E-state index in [1.54, 1.807) is 24.6 Å². The molecule has 19 heavy (non-hydrogen) atoms. The number of imidazole rings is 1. The van der Waals surface area contributed by atoms with Crippen molar-refractivity contribution in [2.45, 2.75) is 11.9 Å². The number of sulfonamides is 1. The van der Waals surface area contributed by atoms with Gasteiger partial charge in [0, 0.05) is 18.3 Å². The summed E-state index contributed by atoms with van der Waals surface area (Å²) < 4.78 is 28.3. The Balaban J connectivity index is 2.39. The van der Waals surface area contributed by atoms with Crippen LogP contribution in [0.1, 0.15) is 5.82 Å². The molecule has 0 amide bonds. The molecular formula is C11H13ClN4O2S. The number of halogens is 1. The Hall–Kier alpha value is -1.73. The van der Waals surface area contributed by atoms with Crippen molar-refractivity contribution < 1.29 is 8.42 Å². The molecule has 2 aromatic rings. The molecule has 0 saturated carbocycles. The van der Waals surface area contributed by atoms with Crippen molar-refractivity contribution in [3.05, 3.63) is 35.2 Å². The number of nitrogen functional groups attached to an aromatic ring is 1. The second kappa shape index (κ2) is 4.75. The van der Waals surface area contributed by atoms with E-state index in [9.17, 15) is 8.42 Å². The average molecular weight is 301 g/mol. The fraction of sp³-hybridized carbons (Fsp3) is 0.182. The number of nitrogens with one attached hydrogen (secondary N) is 1. The Morgan fingerprint density at radius 3 is 2.68 bits per heavy atom. The molecule has 3 N–H and O–H groups in total. The number of nitrogens with two attached hydrogens (primary N) is 1. The monoisotopic (exact) mass is 300 g/mol. The Morgan fingerprint density at radius 1 is 1.42 bits per heavy atom. The van der Waals surface area contributed by atoms with Crippen molar-refractivity contribution in [2.75, 3.05) is 10.5 Å². The molecule has 0 unspecified atom stereocenters. The summed E-state index contributed by atoms with van der Waals surface area (Å²) in [5, 5.41) is 0.330. The molecule has 2 rings (SSSR count). The first kappa shape index (κ1) is 13.7. The lowest BCUT2D eigenvalue weighted by atomic mass is 10.3. The van der Waals surface area contributed by atoms with Crippen LogP contribution in [-0.4, -0.2) is 18.0 Å². The third-order valence-electron chi connectivity index (χ3n) is 2.62. The second-order valence-electron chi connectivity index (χ2n) is 4.07. The van der Waals surface area contributed by atoms with Gasteiger partial charge in [0.25, 0.3) is 10.0 Å². The maximum absolute atomic E-state index is 12.1. The highest BCUT2D eigenvalue weighted by molar-refractivity contribution is 7.92. The zero-order chi connectivity index (χ0) is 14.2. The Morgan fingerprint density at radius 2 is 2.11 bits per heavy atom. The number of hydrogen-bond donors (Lipinski definition) is 2. The predicted molar refractivity (Wildman–Crippen MR) is 74.6 cm³/mol. The summed E-state index contributed by atoms with van der Waals surface area (Å²) in [6.45, 7) is 1.72. The van der Waals surface area contributed by atoms with Gasteiger partial charge in [-0.25, -0.2) is 4.98 Å². The smallest absolute Gasteiger partial charge is 0.281 e. The van der Waals surface area contributed by atoms with Gasteiger partial charge >= 0.3 is 0 Å². The second-order valence-corrected chi connectivity index (χ2v) is 6.14. The van der Waals surface area contributed by atoms with Crippen LogP contribution in [0.2, 0.25) is 5.02 Å². The molecule has 1 heterocycles. The molecule has 8 heteroatoms. The van der Waals surface area contributed by atoms with Crippen LogP contribution in [0.5, 0.6) is 0 Å². The zero-order valence-electron chi connectivity index (χ0n) is 10.4. The highest BCUT2D eigenvalue weighted by Crippen LogP contribution is 2.25. The first-order chi connectivity index (χ1) is 8.79. The summed E-state index contributed by atoms with van der Waals surface area (Å²) in [7, 11) is -2.06. The maximum Gasteiger partial charge on any atom is 0.281 e. The van der Waals surface area contributed by atoms with Crippen molar-refractivity contribution in [2.24, 2.45) is 7.05 Å². The van der Waals surface area contributed by atoms with Gasteiger partial charge < -0.3 is 10.3 Å². The quantitative estimate of drug-likeness (QED) is 0.845. The van der Waals surface area contributed by atoms with E-state index in [1.165, 1.54) is 18.3 Å². The molecule has 0 bridgehead atoms. The Labute approximate surface area is 116 Å². The van der Waals surface area contributed by atoms with Crippen LogP contribution in [0.15, 0.2) is 29.4 Å². The molecule has 0 aliphatic carbocycles. The lowest BCUT2D eigenvalue weighted by molar-refractivity contribution is 0.598. The third kappa shape index (κ3) is 2.82. The van der Waals surface area contributed by atoms with Crippen LogP contribution >= 0.6 is 11.6 Å². The molecule has 6 nitrogen and oxygen atoms in total. The average Bonchev–Trinajstić information content (AvgIpc) is 2.65. The predicted octanol–water partition coefficient (Wildman–Crippen LogP) is 1.76. The van der Waals surface area contributed by atoms with E-state index in [0.29, 0.717) is 16.5 Å². The summed E-state index contributed by atoms with van der Waals surface area (Å²) in [5.41, 5.74) is 6.22. The van der Waals surface area contributed by atoms with Crippen molar-refractivity contribution in [1.29, 1.82) is 0 Å². The number of anilines is 2. The van der Waals surface area contributed by atoms with E-state index >= 15 is 0 Å². The maximum atomic E-state index is 12.1. The summed E-state index contributed by atoms with van der Waals surface area (Å²) in [6.07, 6.45) is 1.43. The minimum atomic E-state index is -3.77. The number of benzene rings is 1. The van der Waals surface area contributed by atoms with E-state index < -0.39 is 10.0 Å². The molecule has 0 aliphatic heterocycles. The Bertz CT molecular complexity index is 705. The van der Waals surface area contributed by atoms with E-state index in [1.807, 2.05) is 0 Å². The lowest BCUT2D eigenvalue weighted by Crippen LogP contribution is -2.14. The largest absolute Gasteiger partial charge is 0.397 e. The SMILES string of the molecule is Cc1nc(S(=O)(=O)Nc2cc(Cl)ccc2N)cn1C. The Kier molecular flexibility index (Phi) is 3.42. The summed E-state index contributed by atoms with van der Waals surface area (Å²) >= 11 is 5.81. The molecule has 1 aromatic carbocycles. The number of rotatable bonds is 3. The molecule has 0 saturated heterocycles. The topological polar surface area (TPSA) is 90.0 Å². The minimum absolute atomic E-state index is 0.0631. The molecule has 0 aliphatic rings. The molecule has 0 fully saturated rings. The lowest BCUT2D eigenvalue weighted by Gasteiger charge is -2.08. The van der Waals surface area contributed by atoms with Gasteiger partial charge in [-0.3, -0.25) is 4.72 Å². The highest BCUT2D eigenvalue weighted by atomic mass is 35.5. The molecule has 0 radical (unpaired) electrons. The van der Waals surface area contributed by atoms with E-state index in [-0.39, 0.29) is 10.7 Å². The normalized spacial score (nSPS) is 11.5. The minimum Gasteiger partial charge on any atom is -0.397 e. The molecular weight excluding hydrogens is 288 g/mol. The van der Waals surface area contributed by atoms with Gasteiger partial charge in [0.15, 0.2) is 5.03 Å². The number of aryl methyl sites for hydroxylation is 2. The van der Waals surface area contributed by atoms with Gasteiger partial charge in [-0.1, -0.05) is 11.6 Å². The van der Waals surface area contributed by atoms with Crippen LogP contribution < -0.4 is 10.5 Å². The van der Waals surface area contributed by atoms with Gasteiger partial charge in [-0.2, -0.15) is 8.42 Å². The number of hydrogen-bond acceptors (Lipinski definition) is 4. The van der Waals surface area contributed by atoms with E-state index in [2.05, 4.69) is 9.71 Å². The van der Waals surface area contributed by atoms with Crippen LogP contribution in [0.3, 0.4) is 0 Å². The first-order valence-corrected chi connectivity index (χ1v) is 7.23. The fourth-order valence-electron chi connectivity index (χ4n) is 1.47. The van der Waals surface area contributed by atoms with Gasteiger partial charge in [0.1, 0.15) is 5.82 Å².